The highest BCUT2D eigenvalue weighted by Crippen LogP contribution is 2.09. The Morgan fingerprint density at radius 3 is 2.58 bits per heavy atom. The van der Waals surface area contributed by atoms with Crippen LogP contribution in [0, 0.1) is 5.92 Å². The summed E-state index contributed by atoms with van der Waals surface area (Å²) in [4.78, 5) is 11.2. The van der Waals surface area contributed by atoms with E-state index in [1.165, 1.54) is 6.42 Å². The molecule has 0 fully saturated rings. The number of Topliss-reactive ketones (excluding diaryl/α,β-unsaturated/α-hetero) is 1. The van der Waals surface area contributed by atoms with Gasteiger partial charge < -0.3 is 5.32 Å². The quantitative estimate of drug-likeness (QED) is 0.593. The average Bonchev–Trinajstić information content (AvgIpc) is 2.10. The van der Waals surface area contributed by atoms with Gasteiger partial charge in [-0.15, -0.1) is 0 Å². The van der Waals surface area contributed by atoms with Crippen LogP contribution >= 0.6 is 0 Å². The van der Waals surface area contributed by atoms with Crippen LogP contribution in [0.1, 0.15) is 39.5 Å². The number of carbonyl (C=O) groups excluding carboxylic acids is 1. The molecule has 1 atom stereocenters. The van der Waals surface area contributed by atoms with Crippen LogP contribution in [0.15, 0.2) is 0 Å². The predicted octanol–water partition coefficient (Wildman–Crippen LogP) is 1.99. The van der Waals surface area contributed by atoms with Crippen LogP contribution in [0.5, 0.6) is 0 Å². The van der Waals surface area contributed by atoms with Crippen LogP contribution in [0.2, 0.25) is 0 Å². The summed E-state index contributed by atoms with van der Waals surface area (Å²) in [7, 11) is 1.96. The Balaban J connectivity index is 3.31. The minimum Gasteiger partial charge on any atom is -0.320 e. The van der Waals surface area contributed by atoms with Gasteiger partial charge in [-0.2, -0.15) is 0 Å². The van der Waals surface area contributed by atoms with Gasteiger partial charge in [0, 0.05) is 12.3 Å². The molecule has 0 bridgehead atoms. The molecule has 2 heteroatoms. The Labute approximate surface area is 75.7 Å². The van der Waals surface area contributed by atoms with E-state index in [0.29, 0.717) is 12.2 Å². The molecular weight excluding hydrogens is 150 g/mol. The van der Waals surface area contributed by atoms with E-state index in [1.54, 1.807) is 0 Å². The molecule has 0 heterocycles. The topological polar surface area (TPSA) is 29.1 Å². The van der Waals surface area contributed by atoms with E-state index in [-0.39, 0.29) is 5.92 Å². The first-order chi connectivity index (χ1) is 5.72. The van der Waals surface area contributed by atoms with E-state index < -0.39 is 0 Å². The second-order valence-corrected chi connectivity index (χ2v) is 3.32. The number of rotatable bonds is 7. The molecule has 0 aliphatic carbocycles. The smallest absolute Gasteiger partial charge is 0.135 e. The van der Waals surface area contributed by atoms with E-state index in [1.807, 2.05) is 20.9 Å². The third-order valence-electron chi connectivity index (χ3n) is 2.21. The Hall–Kier alpha value is -0.370. The van der Waals surface area contributed by atoms with Gasteiger partial charge in [-0.05, 0) is 26.4 Å². The summed E-state index contributed by atoms with van der Waals surface area (Å²) in [5.74, 6) is 0.673. The Morgan fingerprint density at radius 2 is 2.08 bits per heavy atom. The minimum absolute atomic E-state index is 0.270. The molecule has 2 nitrogen and oxygen atoms in total. The van der Waals surface area contributed by atoms with Crippen LogP contribution in [-0.4, -0.2) is 19.4 Å². The highest BCUT2D eigenvalue weighted by atomic mass is 16.1. The molecule has 12 heavy (non-hydrogen) atoms. The molecule has 0 radical (unpaired) electrons. The molecule has 1 unspecified atom stereocenters. The third-order valence-corrected chi connectivity index (χ3v) is 2.21. The highest BCUT2D eigenvalue weighted by molar-refractivity contribution is 5.80. The van der Waals surface area contributed by atoms with Gasteiger partial charge in [0.2, 0.25) is 0 Å². The van der Waals surface area contributed by atoms with Gasteiger partial charge in [0.05, 0.1) is 0 Å². The van der Waals surface area contributed by atoms with Crippen molar-refractivity contribution in [2.24, 2.45) is 5.92 Å². The second-order valence-electron chi connectivity index (χ2n) is 3.32. The lowest BCUT2D eigenvalue weighted by Crippen LogP contribution is -2.11. The molecule has 72 valence electrons. The molecule has 0 spiro atoms. The lowest BCUT2D eigenvalue weighted by molar-refractivity contribution is -0.122. The van der Waals surface area contributed by atoms with E-state index in [4.69, 9.17) is 0 Å². The number of hydrogen-bond acceptors (Lipinski definition) is 2. The zero-order chi connectivity index (χ0) is 9.40. The van der Waals surface area contributed by atoms with Gasteiger partial charge in [0.15, 0.2) is 0 Å². The first-order valence-corrected chi connectivity index (χ1v) is 4.89. The molecule has 0 aromatic rings. The van der Waals surface area contributed by atoms with Gasteiger partial charge in [0.25, 0.3) is 0 Å². The maximum Gasteiger partial charge on any atom is 0.135 e. The van der Waals surface area contributed by atoms with Gasteiger partial charge in [-0.3, -0.25) is 4.79 Å². The normalized spacial score (nSPS) is 12.9. The van der Waals surface area contributed by atoms with Crippen LogP contribution in [-0.2, 0) is 4.79 Å². The molecule has 0 saturated carbocycles. The van der Waals surface area contributed by atoms with Crippen molar-refractivity contribution in [2.75, 3.05) is 13.6 Å². The molecular formula is C10H21NO. The zero-order valence-corrected chi connectivity index (χ0v) is 8.52. The van der Waals surface area contributed by atoms with Crippen molar-refractivity contribution in [3.05, 3.63) is 0 Å². The summed E-state index contributed by atoms with van der Waals surface area (Å²) in [6.07, 6.45) is 4.08. The lowest BCUT2D eigenvalue weighted by Gasteiger charge is -2.07. The average molecular weight is 171 g/mol. The molecule has 1 N–H and O–H groups in total. The largest absolute Gasteiger partial charge is 0.320 e. The summed E-state index contributed by atoms with van der Waals surface area (Å²) < 4.78 is 0. The maximum atomic E-state index is 11.2. The lowest BCUT2D eigenvalue weighted by atomic mass is 9.98. The minimum atomic E-state index is 0.270. The summed E-state index contributed by atoms with van der Waals surface area (Å²) >= 11 is 0. The molecule has 0 saturated heterocycles. The standard InChI is InChI=1S/C10H21NO/c1-4-10(12)9(2)7-5-6-8-11-3/h9,11H,4-8H2,1-3H3. The van der Waals surface area contributed by atoms with E-state index in [0.717, 1.165) is 19.4 Å². The fraction of sp³-hybridized carbons (Fsp3) is 0.900. The number of unbranched alkanes of at least 4 members (excludes halogenated alkanes) is 1. The number of carbonyl (C=O) groups is 1. The first kappa shape index (κ1) is 11.6. The van der Waals surface area contributed by atoms with E-state index >= 15 is 0 Å². The number of ketones is 1. The van der Waals surface area contributed by atoms with Gasteiger partial charge in [0.1, 0.15) is 5.78 Å². The van der Waals surface area contributed by atoms with Crippen LogP contribution in [0.3, 0.4) is 0 Å². The maximum absolute atomic E-state index is 11.2. The summed E-state index contributed by atoms with van der Waals surface area (Å²) in [5.41, 5.74) is 0. The highest BCUT2D eigenvalue weighted by Gasteiger charge is 2.08. The number of hydrogen-bond donors (Lipinski definition) is 1. The Kier molecular flexibility index (Phi) is 7.06. The van der Waals surface area contributed by atoms with Crippen LogP contribution in [0.25, 0.3) is 0 Å². The van der Waals surface area contributed by atoms with Crippen molar-refractivity contribution in [3.63, 3.8) is 0 Å². The van der Waals surface area contributed by atoms with Crippen molar-refractivity contribution < 1.29 is 4.79 Å². The monoisotopic (exact) mass is 171 g/mol. The SMILES string of the molecule is CCC(=O)C(C)CCCCNC. The van der Waals surface area contributed by atoms with E-state index in [9.17, 15) is 4.79 Å². The fourth-order valence-electron chi connectivity index (χ4n) is 1.26. The fourth-order valence-corrected chi connectivity index (χ4v) is 1.26. The van der Waals surface area contributed by atoms with Crippen molar-refractivity contribution in [1.29, 1.82) is 0 Å². The predicted molar refractivity (Wildman–Crippen MR) is 52.2 cm³/mol. The van der Waals surface area contributed by atoms with Gasteiger partial charge >= 0.3 is 0 Å². The van der Waals surface area contributed by atoms with Gasteiger partial charge in [-0.25, -0.2) is 0 Å². The van der Waals surface area contributed by atoms with Crippen molar-refractivity contribution >= 4 is 5.78 Å². The zero-order valence-electron chi connectivity index (χ0n) is 8.52. The van der Waals surface area contributed by atoms with Crippen LogP contribution in [0.4, 0.5) is 0 Å². The van der Waals surface area contributed by atoms with Crippen molar-refractivity contribution in [2.45, 2.75) is 39.5 Å². The molecule has 0 amide bonds. The molecule has 0 rings (SSSR count). The number of nitrogens with one attached hydrogen (secondary N) is 1. The first-order valence-electron chi connectivity index (χ1n) is 4.89. The van der Waals surface area contributed by atoms with E-state index in [2.05, 4.69) is 5.32 Å². The van der Waals surface area contributed by atoms with Crippen molar-refractivity contribution in [3.8, 4) is 0 Å². The Bertz CT molecular complexity index is 123. The van der Waals surface area contributed by atoms with Crippen molar-refractivity contribution in [1.82, 2.24) is 5.32 Å². The molecule has 0 aromatic carbocycles. The van der Waals surface area contributed by atoms with Crippen LogP contribution < -0.4 is 5.32 Å². The summed E-state index contributed by atoms with van der Waals surface area (Å²) in [5, 5.41) is 3.10. The molecule has 0 aliphatic heterocycles. The Morgan fingerprint density at radius 1 is 1.42 bits per heavy atom. The summed E-state index contributed by atoms with van der Waals surface area (Å²) in [6.45, 7) is 5.03. The summed E-state index contributed by atoms with van der Waals surface area (Å²) in [6, 6.07) is 0. The second kappa shape index (κ2) is 7.29. The van der Waals surface area contributed by atoms with Gasteiger partial charge in [-0.1, -0.05) is 20.3 Å². The third kappa shape index (κ3) is 5.30. The molecule has 0 aliphatic rings. The molecule has 0 aromatic heterocycles.